The molecule has 1 aliphatic carbocycles. The zero-order valence-electron chi connectivity index (χ0n) is 21.1. The molecule has 206 valence electrons. The molecular formula is C27H29F6N3O2. The Morgan fingerprint density at radius 2 is 1.74 bits per heavy atom. The monoisotopic (exact) mass is 541 g/mol. The van der Waals surface area contributed by atoms with Crippen molar-refractivity contribution < 1.29 is 31.1 Å². The van der Waals surface area contributed by atoms with Crippen LogP contribution < -0.4 is 10.3 Å². The predicted molar refractivity (Wildman–Crippen MR) is 130 cm³/mol. The Bertz CT molecular complexity index is 1250. The van der Waals surface area contributed by atoms with Gasteiger partial charge in [-0.3, -0.25) is 9.78 Å². The fourth-order valence-electron chi connectivity index (χ4n) is 4.19. The van der Waals surface area contributed by atoms with Crippen molar-refractivity contribution in [3.05, 3.63) is 87.2 Å². The molecule has 1 saturated carbocycles. The van der Waals surface area contributed by atoms with E-state index >= 15 is 0 Å². The zero-order valence-corrected chi connectivity index (χ0v) is 21.1. The Labute approximate surface area is 216 Å². The average Bonchev–Trinajstić information content (AvgIpc) is 2.84. The van der Waals surface area contributed by atoms with Crippen LogP contribution in [-0.4, -0.2) is 27.3 Å². The van der Waals surface area contributed by atoms with Gasteiger partial charge in [-0.05, 0) is 55.5 Å². The number of alkyl halides is 5. The summed E-state index contributed by atoms with van der Waals surface area (Å²) in [5, 5.41) is 3.89. The van der Waals surface area contributed by atoms with Gasteiger partial charge in [-0.15, -0.1) is 5.10 Å². The van der Waals surface area contributed by atoms with Gasteiger partial charge in [-0.25, -0.2) is 17.9 Å². The molecule has 0 amide bonds. The Hall–Kier alpha value is -3.37. The molecule has 0 radical (unpaired) electrons. The second-order valence-electron chi connectivity index (χ2n) is 9.39. The van der Waals surface area contributed by atoms with Gasteiger partial charge >= 0.3 is 6.18 Å². The van der Waals surface area contributed by atoms with Crippen molar-refractivity contribution in [2.75, 3.05) is 6.61 Å². The summed E-state index contributed by atoms with van der Waals surface area (Å²) in [4.78, 5) is 16.7. The van der Waals surface area contributed by atoms with Gasteiger partial charge in [-0.1, -0.05) is 31.4 Å². The number of aromatic nitrogens is 3. The van der Waals surface area contributed by atoms with Crippen LogP contribution in [0.4, 0.5) is 26.3 Å². The van der Waals surface area contributed by atoms with E-state index in [0.717, 1.165) is 54.5 Å². The highest BCUT2D eigenvalue weighted by atomic mass is 19.4. The minimum Gasteiger partial charge on any atom is -0.470 e. The molecule has 38 heavy (non-hydrogen) atoms. The summed E-state index contributed by atoms with van der Waals surface area (Å²) < 4.78 is 84.4. The number of nitrogens with zero attached hydrogens (tertiary/aromatic N) is 3. The summed E-state index contributed by atoms with van der Waals surface area (Å²) >= 11 is 0. The number of hydrogen-bond donors (Lipinski definition) is 0. The number of hydrogen-bond acceptors (Lipinski definition) is 4. The normalized spacial score (nSPS) is 14.5. The molecule has 2 heterocycles. The third-order valence-electron chi connectivity index (χ3n) is 5.97. The Morgan fingerprint density at radius 3 is 2.32 bits per heavy atom. The standard InChI is InChI=1S/C20H22F5N3O2.C7H7F/c1-19(21,22)12-30-17-10-14(13-6-3-2-4-7-13)18(29)28(27-17)11-16-15(20(23,24)25)8-5-9-26-16;1-6-3-2-4-7(8)5-6/h5,8-10,13H,2-4,6-7,11-12H2,1H3;2-5H,1H3. The lowest BCUT2D eigenvalue weighted by molar-refractivity contribution is -0.138. The molecule has 0 atom stereocenters. The van der Waals surface area contributed by atoms with Gasteiger partial charge in [0.05, 0.1) is 17.8 Å². The summed E-state index contributed by atoms with van der Waals surface area (Å²) in [6.45, 7) is 1.03. The molecule has 0 bridgehead atoms. The third-order valence-corrected chi connectivity index (χ3v) is 5.97. The van der Waals surface area contributed by atoms with Crippen LogP contribution in [0.5, 0.6) is 5.88 Å². The number of halogens is 6. The lowest BCUT2D eigenvalue weighted by Gasteiger charge is -2.23. The molecule has 11 heteroatoms. The lowest BCUT2D eigenvalue weighted by atomic mass is 9.85. The highest BCUT2D eigenvalue weighted by molar-refractivity contribution is 5.26. The van der Waals surface area contributed by atoms with Gasteiger partial charge in [0.15, 0.2) is 6.61 Å². The number of benzene rings is 1. The lowest BCUT2D eigenvalue weighted by Crippen LogP contribution is -2.31. The summed E-state index contributed by atoms with van der Waals surface area (Å²) in [7, 11) is 0. The molecule has 1 aromatic carbocycles. The maximum absolute atomic E-state index is 13.3. The topological polar surface area (TPSA) is 57.0 Å². The van der Waals surface area contributed by atoms with Gasteiger partial charge in [0, 0.05) is 24.8 Å². The molecule has 0 saturated heterocycles. The quantitative estimate of drug-likeness (QED) is 0.318. The van der Waals surface area contributed by atoms with Crippen LogP contribution in [0.15, 0.2) is 53.5 Å². The van der Waals surface area contributed by atoms with E-state index < -0.39 is 36.4 Å². The first-order valence-electron chi connectivity index (χ1n) is 12.2. The number of aryl methyl sites for hydroxylation is 1. The molecule has 5 nitrogen and oxygen atoms in total. The highest BCUT2D eigenvalue weighted by Crippen LogP contribution is 2.33. The SMILES string of the molecule is CC(F)(F)COc1cc(C2CCCCC2)c(=O)n(Cc2ncccc2C(F)(F)F)n1.Cc1cccc(F)c1. The molecule has 1 aliphatic rings. The molecule has 3 aromatic rings. The Kier molecular flexibility index (Phi) is 9.56. The average molecular weight is 542 g/mol. The van der Waals surface area contributed by atoms with Gasteiger partial charge in [-0.2, -0.15) is 13.2 Å². The molecular weight excluding hydrogens is 512 g/mol. The van der Waals surface area contributed by atoms with Crippen molar-refractivity contribution in [2.45, 2.75) is 70.5 Å². The summed E-state index contributed by atoms with van der Waals surface area (Å²) in [5.41, 5.74) is -0.638. The fourth-order valence-corrected chi connectivity index (χ4v) is 4.19. The van der Waals surface area contributed by atoms with Gasteiger partial charge < -0.3 is 4.74 Å². The van der Waals surface area contributed by atoms with Crippen LogP contribution in [0, 0.1) is 12.7 Å². The Balaban J connectivity index is 0.000000427. The van der Waals surface area contributed by atoms with E-state index in [9.17, 15) is 31.1 Å². The largest absolute Gasteiger partial charge is 0.470 e. The molecule has 0 aliphatic heterocycles. The molecule has 1 fully saturated rings. The summed E-state index contributed by atoms with van der Waals surface area (Å²) in [6, 6.07) is 9.86. The van der Waals surface area contributed by atoms with Crippen molar-refractivity contribution in [3.8, 4) is 5.88 Å². The van der Waals surface area contributed by atoms with Crippen molar-refractivity contribution in [3.63, 3.8) is 0 Å². The van der Waals surface area contributed by atoms with Crippen LogP contribution in [0.1, 0.15) is 67.3 Å². The zero-order chi connectivity index (χ0) is 27.9. The van der Waals surface area contributed by atoms with E-state index in [0.29, 0.717) is 12.5 Å². The van der Waals surface area contributed by atoms with E-state index in [2.05, 4.69) is 10.1 Å². The Morgan fingerprint density at radius 1 is 1.03 bits per heavy atom. The van der Waals surface area contributed by atoms with Crippen molar-refractivity contribution in [2.24, 2.45) is 0 Å². The van der Waals surface area contributed by atoms with Crippen LogP contribution >= 0.6 is 0 Å². The van der Waals surface area contributed by atoms with Gasteiger partial charge in [0.25, 0.3) is 11.5 Å². The van der Waals surface area contributed by atoms with Crippen molar-refractivity contribution in [1.82, 2.24) is 14.8 Å². The van der Waals surface area contributed by atoms with Gasteiger partial charge in [0.2, 0.25) is 5.88 Å². The minimum atomic E-state index is -4.65. The fraction of sp³-hybridized carbons (Fsp3) is 0.444. The number of pyridine rings is 1. The maximum Gasteiger partial charge on any atom is 0.418 e. The second-order valence-corrected chi connectivity index (χ2v) is 9.39. The summed E-state index contributed by atoms with van der Waals surface area (Å²) in [6.07, 6.45) is 0.861. The molecule has 0 N–H and O–H groups in total. The van der Waals surface area contributed by atoms with Crippen LogP contribution in [-0.2, 0) is 12.7 Å². The first-order chi connectivity index (χ1) is 17.8. The van der Waals surface area contributed by atoms with E-state index in [1.54, 1.807) is 6.07 Å². The summed E-state index contributed by atoms with van der Waals surface area (Å²) in [5.74, 6) is -3.63. The van der Waals surface area contributed by atoms with Crippen LogP contribution in [0.25, 0.3) is 0 Å². The van der Waals surface area contributed by atoms with E-state index in [4.69, 9.17) is 4.74 Å². The van der Waals surface area contributed by atoms with Crippen molar-refractivity contribution >= 4 is 0 Å². The minimum absolute atomic E-state index is 0.115. The molecule has 4 rings (SSSR count). The van der Waals surface area contributed by atoms with Crippen LogP contribution in [0.2, 0.25) is 0 Å². The van der Waals surface area contributed by atoms with E-state index in [1.807, 2.05) is 13.0 Å². The molecule has 0 unspecified atom stereocenters. The first-order valence-corrected chi connectivity index (χ1v) is 12.2. The first kappa shape index (κ1) is 29.2. The molecule has 2 aromatic heterocycles. The van der Waals surface area contributed by atoms with Gasteiger partial charge in [0.1, 0.15) is 5.82 Å². The van der Waals surface area contributed by atoms with E-state index in [1.165, 1.54) is 24.4 Å². The number of rotatable bonds is 6. The van der Waals surface area contributed by atoms with Crippen LogP contribution in [0.3, 0.4) is 0 Å². The smallest absolute Gasteiger partial charge is 0.418 e. The van der Waals surface area contributed by atoms with E-state index in [-0.39, 0.29) is 23.3 Å². The second kappa shape index (κ2) is 12.4. The highest BCUT2D eigenvalue weighted by Gasteiger charge is 2.34. The maximum atomic E-state index is 13.3. The third kappa shape index (κ3) is 8.59. The number of ether oxygens (including phenoxy) is 1. The van der Waals surface area contributed by atoms with Crippen molar-refractivity contribution in [1.29, 1.82) is 0 Å². The predicted octanol–water partition coefficient (Wildman–Crippen LogP) is 6.92. The molecule has 0 spiro atoms.